The van der Waals surface area contributed by atoms with Crippen LogP contribution in [0.25, 0.3) is 0 Å². The van der Waals surface area contributed by atoms with E-state index in [-0.39, 0.29) is 18.1 Å². The highest BCUT2D eigenvalue weighted by atomic mass is 35.5. The molecule has 2 aromatic heterocycles. The number of amides is 1. The third-order valence-electron chi connectivity index (χ3n) is 3.84. The molecular formula is C15H19ClN6O2. The summed E-state index contributed by atoms with van der Waals surface area (Å²) in [5.74, 6) is 1.13. The van der Waals surface area contributed by atoms with Crippen molar-refractivity contribution in [1.82, 2.24) is 25.5 Å². The Kier molecular flexibility index (Phi) is 4.96. The highest BCUT2D eigenvalue weighted by molar-refractivity contribution is 6.33. The highest BCUT2D eigenvalue weighted by Gasteiger charge is 2.28. The van der Waals surface area contributed by atoms with Crippen molar-refractivity contribution < 1.29 is 9.53 Å². The Morgan fingerprint density at radius 2 is 2.29 bits per heavy atom. The molecule has 1 amide bonds. The Balaban J connectivity index is 1.54. The van der Waals surface area contributed by atoms with Gasteiger partial charge in [-0.05, 0) is 18.9 Å². The van der Waals surface area contributed by atoms with E-state index < -0.39 is 0 Å². The number of carbonyl (C=O) groups excluding carboxylic acids is 1. The standard InChI is InChI=1S/C15H19ClN6O2/c1-22(2)14-11(16)5-9(6-17-14)15(23)18-7-10-3-4-12(24-10)13-19-8-20-21-13/h5-6,8,10,12H,3-4,7H2,1-2H3,(H,18,23)(H,19,20,21)/t10-,12+/m1/s1. The topological polar surface area (TPSA) is 96.0 Å². The van der Waals surface area contributed by atoms with Crippen LogP contribution >= 0.6 is 11.6 Å². The zero-order valence-corrected chi connectivity index (χ0v) is 14.2. The van der Waals surface area contributed by atoms with Crippen molar-refractivity contribution in [3.8, 4) is 0 Å². The number of pyridine rings is 1. The molecule has 0 radical (unpaired) electrons. The van der Waals surface area contributed by atoms with E-state index in [2.05, 4.69) is 25.5 Å². The number of ether oxygens (including phenoxy) is 1. The Morgan fingerprint density at radius 3 is 2.96 bits per heavy atom. The van der Waals surface area contributed by atoms with Gasteiger partial charge in [0.2, 0.25) is 0 Å². The molecule has 24 heavy (non-hydrogen) atoms. The van der Waals surface area contributed by atoms with E-state index in [0.717, 1.165) is 18.7 Å². The first kappa shape index (κ1) is 16.7. The Bertz CT molecular complexity index is 706. The van der Waals surface area contributed by atoms with Crippen LogP contribution in [0.5, 0.6) is 0 Å². The van der Waals surface area contributed by atoms with Gasteiger partial charge in [0, 0.05) is 26.8 Å². The minimum Gasteiger partial charge on any atom is -0.365 e. The van der Waals surface area contributed by atoms with Gasteiger partial charge < -0.3 is 15.0 Å². The molecule has 2 atom stereocenters. The van der Waals surface area contributed by atoms with Crippen molar-refractivity contribution in [3.05, 3.63) is 35.0 Å². The summed E-state index contributed by atoms with van der Waals surface area (Å²) >= 11 is 6.15. The maximum atomic E-state index is 12.2. The number of nitrogens with one attached hydrogen (secondary N) is 2. The Morgan fingerprint density at radius 1 is 1.46 bits per heavy atom. The monoisotopic (exact) mass is 350 g/mol. The summed E-state index contributed by atoms with van der Waals surface area (Å²) in [6.45, 7) is 0.427. The van der Waals surface area contributed by atoms with E-state index in [1.807, 2.05) is 14.1 Å². The number of H-pyrrole nitrogens is 1. The van der Waals surface area contributed by atoms with Crippen LogP contribution in [-0.4, -0.2) is 52.8 Å². The van der Waals surface area contributed by atoms with Gasteiger partial charge in [-0.2, -0.15) is 5.10 Å². The molecule has 2 aromatic rings. The number of aromatic nitrogens is 4. The molecule has 0 aromatic carbocycles. The van der Waals surface area contributed by atoms with Crippen LogP contribution in [0.15, 0.2) is 18.6 Å². The van der Waals surface area contributed by atoms with Crippen LogP contribution in [0.4, 0.5) is 5.82 Å². The van der Waals surface area contributed by atoms with Gasteiger partial charge in [0.05, 0.1) is 16.7 Å². The molecule has 2 N–H and O–H groups in total. The number of hydrogen-bond acceptors (Lipinski definition) is 6. The molecule has 1 saturated heterocycles. The van der Waals surface area contributed by atoms with Crippen LogP contribution in [0, 0.1) is 0 Å². The zero-order valence-electron chi connectivity index (χ0n) is 13.5. The molecule has 9 heteroatoms. The summed E-state index contributed by atoms with van der Waals surface area (Å²) in [7, 11) is 3.69. The van der Waals surface area contributed by atoms with Crippen LogP contribution in [0.1, 0.15) is 35.1 Å². The smallest absolute Gasteiger partial charge is 0.252 e. The third-order valence-corrected chi connectivity index (χ3v) is 4.12. The Labute approximate surface area is 144 Å². The van der Waals surface area contributed by atoms with Gasteiger partial charge in [0.15, 0.2) is 5.82 Å². The van der Waals surface area contributed by atoms with Gasteiger partial charge >= 0.3 is 0 Å². The molecule has 3 heterocycles. The lowest BCUT2D eigenvalue weighted by atomic mass is 10.2. The molecule has 0 spiro atoms. The van der Waals surface area contributed by atoms with Crippen LogP contribution in [0.2, 0.25) is 5.02 Å². The van der Waals surface area contributed by atoms with Crippen molar-refractivity contribution in [1.29, 1.82) is 0 Å². The summed E-state index contributed by atoms with van der Waals surface area (Å²) in [5, 5.41) is 9.94. The van der Waals surface area contributed by atoms with Crippen molar-refractivity contribution in [2.75, 3.05) is 25.5 Å². The predicted molar refractivity (Wildman–Crippen MR) is 89.1 cm³/mol. The van der Waals surface area contributed by atoms with Crippen molar-refractivity contribution in [2.45, 2.75) is 25.0 Å². The van der Waals surface area contributed by atoms with Gasteiger partial charge in [-0.25, -0.2) is 9.97 Å². The van der Waals surface area contributed by atoms with E-state index in [4.69, 9.17) is 16.3 Å². The minimum absolute atomic E-state index is 0.0477. The average molecular weight is 351 g/mol. The minimum atomic E-state index is -0.221. The molecule has 3 rings (SSSR count). The van der Waals surface area contributed by atoms with E-state index >= 15 is 0 Å². The molecule has 0 saturated carbocycles. The number of halogens is 1. The Hall–Kier alpha value is -2.19. The molecule has 128 valence electrons. The first-order valence-electron chi connectivity index (χ1n) is 7.66. The summed E-state index contributed by atoms with van der Waals surface area (Å²) in [6, 6.07) is 1.62. The van der Waals surface area contributed by atoms with Crippen molar-refractivity contribution >= 4 is 23.3 Å². The molecule has 0 unspecified atom stereocenters. The lowest BCUT2D eigenvalue weighted by Crippen LogP contribution is -2.32. The van der Waals surface area contributed by atoms with Gasteiger partial charge in [0.1, 0.15) is 18.2 Å². The molecule has 1 aliphatic rings. The van der Waals surface area contributed by atoms with Crippen LogP contribution < -0.4 is 10.2 Å². The predicted octanol–water partition coefficient (Wildman–Crippen LogP) is 1.57. The van der Waals surface area contributed by atoms with E-state index in [1.54, 1.807) is 11.0 Å². The number of carbonyl (C=O) groups is 1. The largest absolute Gasteiger partial charge is 0.365 e. The fraction of sp³-hybridized carbons (Fsp3) is 0.467. The van der Waals surface area contributed by atoms with Crippen molar-refractivity contribution in [2.24, 2.45) is 0 Å². The average Bonchev–Trinajstić information content (AvgIpc) is 3.23. The van der Waals surface area contributed by atoms with Gasteiger partial charge in [-0.1, -0.05) is 11.6 Å². The van der Waals surface area contributed by atoms with Crippen molar-refractivity contribution in [3.63, 3.8) is 0 Å². The molecule has 8 nitrogen and oxygen atoms in total. The normalized spacial score (nSPS) is 20.1. The van der Waals surface area contributed by atoms with E-state index in [0.29, 0.717) is 22.9 Å². The maximum Gasteiger partial charge on any atom is 0.252 e. The maximum absolute atomic E-state index is 12.2. The number of aromatic amines is 1. The lowest BCUT2D eigenvalue weighted by Gasteiger charge is -2.15. The summed E-state index contributed by atoms with van der Waals surface area (Å²) < 4.78 is 5.87. The number of rotatable bonds is 5. The fourth-order valence-electron chi connectivity index (χ4n) is 2.62. The number of nitrogens with zero attached hydrogens (tertiary/aromatic N) is 4. The van der Waals surface area contributed by atoms with E-state index in [1.165, 1.54) is 12.5 Å². The summed E-state index contributed by atoms with van der Waals surface area (Å²) in [4.78, 5) is 22.3. The van der Waals surface area contributed by atoms with Gasteiger partial charge in [-0.3, -0.25) is 9.89 Å². The molecule has 1 fully saturated rings. The highest BCUT2D eigenvalue weighted by Crippen LogP contribution is 2.30. The summed E-state index contributed by atoms with van der Waals surface area (Å²) in [5.41, 5.74) is 0.426. The quantitative estimate of drug-likeness (QED) is 0.849. The SMILES string of the molecule is CN(C)c1ncc(C(=O)NC[C@H]2CC[C@@H](c3ncn[nH]3)O2)cc1Cl. The second-order valence-corrected chi connectivity index (χ2v) is 6.24. The first-order valence-corrected chi connectivity index (χ1v) is 8.04. The molecule has 1 aliphatic heterocycles. The second-order valence-electron chi connectivity index (χ2n) is 5.83. The summed E-state index contributed by atoms with van der Waals surface area (Å²) in [6.07, 6.45) is 4.54. The van der Waals surface area contributed by atoms with Crippen LogP contribution in [0.3, 0.4) is 0 Å². The van der Waals surface area contributed by atoms with Crippen LogP contribution in [-0.2, 0) is 4.74 Å². The third kappa shape index (κ3) is 3.65. The molecule has 0 bridgehead atoms. The van der Waals surface area contributed by atoms with Gasteiger partial charge in [-0.15, -0.1) is 0 Å². The molecular weight excluding hydrogens is 332 g/mol. The van der Waals surface area contributed by atoms with E-state index in [9.17, 15) is 4.79 Å². The number of anilines is 1. The number of hydrogen-bond donors (Lipinski definition) is 2. The second kappa shape index (κ2) is 7.14. The first-order chi connectivity index (χ1) is 11.5. The lowest BCUT2D eigenvalue weighted by molar-refractivity contribution is 0.0392. The zero-order chi connectivity index (χ0) is 17.1. The van der Waals surface area contributed by atoms with Gasteiger partial charge in [0.25, 0.3) is 5.91 Å². The molecule has 0 aliphatic carbocycles. The fourth-order valence-corrected chi connectivity index (χ4v) is 2.95.